The van der Waals surface area contributed by atoms with Crippen LogP contribution < -0.4 is 5.73 Å². The average Bonchev–Trinajstić information content (AvgIpc) is 2.34. The predicted molar refractivity (Wildman–Crippen MR) is 77.3 cm³/mol. The van der Waals surface area contributed by atoms with E-state index in [0.29, 0.717) is 21.7 Å². The highest BCUT2D eigenvalue weighted by atomic mass is 79.9. The molecule has 0 bridgehead atoms. The van der Waals surface area contributed by atoms with E-state index in [4.69, 9.17) is 5.73 Å². The van der Waals surface area contributed by atoms with Crippen molar-refractivity contribution in [2.75, 3.05) is 5.73 Å². The lowest BCUT2D eigenvalue weighted by Gasteiger charge is -2.08. The standard InChI is InChI=1S/C14H14BrF2N3/c1-2-3-11-13(15)14(18)20-12(19-11)6-8-4-9(16)7-10(17)5-8/h4-5,7H,2-3,6H2,1H3,(H2,18,19,20). The van der Waals surface area contributed by atoms with E-state index in [1.165, 1.54) is 12.1 Å². The van der Waals surface area contributed by atoms with Crippen LogP contribution in [0.25, 0.3) is 0 Å². The number of hydrogen-bond donors (Lipinski definition) is 1. The molecule has 3 nitrogen and oxygen atoms in total. The molecule has 0 saturated heterocycles. The van der Waals surface area contributed by atoms with Gasteiger partial charge in [-0.3, -0.25) is 0 Å². The summed E-state index contributed by atoms with van der Waals surface area (Å²) in [5, 5.41) is 0. The van der Waals surface area contributed by atoms with Crippen LogP contribution >= 0.6 is 15.9 Å². The first-order valence-corrected chi connectivity index (χ1v) is 7.04. The van der Waals surface area contributed by atoms with Crippen molar-refractivity contribution in [3.8, 4) is 0 Å². The first-order valence-electron chi connectivity index (χ1n) is 6.25. The van der Waals surface area contributed by atoms with E-state index < -0.39 is 11.6 Å². The highest BCUT2D eigenvalue weighted by Crippen LogP contribution is 2.23. The Morgan fingerprint density at radius 1 is 1.15 bits per heavy atom. The summed E-state index contributed by atoms with van der Waals surface area (Å²) in [4.78, 5) is 8.54. The Bertz CT molecular complexity index is 612. The van der Waals surface area contributed by atoms with Crippen LogP contribution in [0.15, 0.2) is 22.7 Å². The largest absolute Gasteiger partial charge is 0.383 e. The van der Waals surface area contributed by atoms with Crippen LogP contribution in [-0.2, 0) is 12.8 Å². The third-order valence-corrected chi connectivity index (χ3v) is 3.63. The molecule has 2 aromatic rings. The zero-order chi connectivity index (χ0) is 14.7. The average molecular weight is 342 g/mol. The summed E-state index contributed by atoms with van der Waals surface area (Å²) in [5.41, 5.74) is 7.11. The second kappa shape index (κ2) is 6.26. The molecule has 0 saturated carbocycles. The molecule has 1 aromatic carbocycles. The normalized spacial score (nSPS) is 10.8. The van der Waals surface area contributed by atoms with Crippen molar-refractivity contribution in [2.45, 2.75) is 26.2 Å². The second-order valence-corrected chi connectivity index (χ2v) is 5.28. The maximum Gasteiger partial charge on any atom is 0.141 e. The lowest BCUT2D eigenvalue weighted by molar-refractivity contribution is 0.580. The molecule has 0 atom stereocenters. The second-order valence-electron chi connectivity index (χ2n) is 4.49. The molecule has 2 N–H and O–H groups in total. The molecule has 0 radical (unpaired) electrons. The van der Waals surface area contributed by atoms with Gasteiger partial charge in [0.05, 0.1) is 10.2 Å². The van der Waals surface area contributed by atoms with Gasteiger partial charge in [0.1, 0.15) is 23.3 Å². The Balaban J connectivity index is 2.33. The summed E-state index contributed by atoms with van der Waals surface area (Å²) >= 11 is 3.35. The number of nitrogen functional groups attached to an aromatic ring is 1. The predicted octanol–water partition coefficient (Wildman–Crippen LogP) is 3.64. The van der Waals surface area contributed by atoms with Gasteiger partial charge >= 0.3 is 0 Å². The number of halogens is 3. The third-order valence-electron chi connectivity index (χ3n) is 2.76. The highest BCUT2D eigenvalue weighted by molar-refractivity contribution is 9.10. The van der Waals surface area contributed by atoms with Crippen molar-refractivity contribution >= 4 is 21.7 Å². The summed E-state index contributed by atoms with van der Waals surface area (Å²) in [6.45, 7) is 2.03. The van der Waals surface area contributed by atoms with Crippen molar-refractivity contribution in [1.29, 1.82) is 0 Å². The van der Waals surface area contributed by atoms with Crippen LogP contribution in [0.3, 0.4) is 0 Å². The molecule has 0 aliphatic carbocycles. The SMILES string of the molecule is CCCc1nc(Cc2cc(F)cc(F)c2)nc(N)c1Br. The van der Waals surface area contributed by atoms with E-state index in [9.17, 15) is 8.78 Å². The lowest BCUT2D eigenvalue weighted by atomic mass is 10.1. The Morgan fingerprint density at radius 3 is 2.40 bits per heavy atom. The Morgan fingerprint density at radius 2 is 1.80 bits per heavy atom. The van der Waals surface area contributed by atoms with Crippen molar-refractivity contribution in [1.82, 2.24) is 9.97 Å². The fourth-order valence-electron chi connectivity index (χ4n) is 1.94. The number of anilines is 1. The number of nitrogens with zero attached hydrogens (tertiary/aromatic N) is 2. The van der Waals surface area contributed by atoms with Crippen LogP contribution in [0, 0.1) is 11.6 Å². The number of aromatic nitrogens is 2. The minimum absolute atomic E-state index is 0.239. The first-order chi connectivity index (χ1) is 9.49. The monoisotopic (exact) mass is 341 g/mol. The van der Waals surface area contributed by atoms with Gasteiger partial charge in [-0.15, -0.1) is 0 Å². The molecule has 0 aliphatic heterocycles. The molecule has 0 spiro atoms. The number of rotatable bonds is 4. The molecule has 0 amide bonds. The van der Waals surface area contributed by atoms with Crippen LogP contribution in [0.5, 0.6) is 0 Å². The fraction of sp³-hybridized carbons (Fsp3) is 0.286. The van der Waals surface area contributed by atoms with E-state index >= 15 is 0 Å². The molecule has 6 heteroatoms. The van der Waals surface area contributed by atoms with Gasteiger partial charge in [0, 0.05) is 12.5 Å². The topological polar surface area (TPSA) is 51.8 Å². The summed E-state index contributed by atoms with van der Waals surface area (Å²) in [6.07, 6.45) is 1.92. The fourth-order valence-corrected chi connectivity index (χ4v) is 2.32. The molecule has 1 heterocycles. The molecule has 0 unspecified atom stereocenters. The van der Waals surface area contributed by atoms with Gasteiger partial charge in [0.2, 0.25) is 0 Å². The van der Waals surface area contributed by atoms with Crippen LogP contribution in [0.1, 0.15) is 30.4 Å². The van der Waals surface area contributed by atoms with Crippen molar-refractivity contribution in [3.05, 3.63) is 51.4 Å². The number of aryl methyl sites for hydroxylation is 1. The Kier molecular flexibility index (Phi) is 4.65. The molecule has 106 valence electrons. The van der Waals surface area contributed by atoms with Gasteiger partial charge in [-0.25, -0.2) is 18.7 Å². The van der Waals surface area contributed by atoms with Crippen molar-refractivity contribution in [2.24, 2.45) is 0 Å². The Hall–Kier alpha value is -1.56. The third kappa shape index (κ3) is 3.50. The zero-order valence-corrected chi connectivity index (χ0v) is 12.5. The van der Waals surface area contributed by atoms with Crippen LogP contribution in [0.2, 0.25) is 0 Å². The summed E-state index contributed by atoms with van der Waals surface area (Å²) < 4.78 is 27.0. The molecular formula is C14H14BrF2N3. The maximum absolute atomic E-state index is 13.2. The first kappa shape index (κ1) is 14.8. The van der Waals surface area contributed by atoms with Crippen molar-refractivity contribution < 1.29 is 8.78 Å². The van der Waals surface area contributed by atoms with E-state index in [1.54, 1.807) is 0 Å². The molecule has 1 aromatic heterocycles. The van der Waals surface area contributed by atoms with Gasteiger partial charge in [-0.05, 0) is 40.0 Å². The van der Waals surface area contributed by atoms with E-state index in [1.807, 2.05) is 6.92 Å². The summed E-state index contributed by atoms with van der Waals surface area (Å²) in [6, 6.07) is 3.37. The van der Waals surface area contributed by atoms with E-state index in [0.717, 1.165) is 24.6 Å². The quantitative estimate of drug-likeness (QED) is 0.923. The van der Waals surface area contributed by atoms with Crippen LogP contribution in [-0.4, -0.2) is 9.97 Å². The van der Waals surface area contributed by atoms with Gasteiger partial charge < -0.3 is 5.73 Å². The van der Waals surface area contributed by atoms with E-state index in [-0.39, 0.29) is 6.42 Å². The smallest absolute Gasteiger partial charge is 0.141 e. The van der Waals surface area contributed by atoms with E-state index in [2.05, 4.69) is 25.9 Å². The molecule has 0 fully saturated rings. The van der Waals surface area contributed by atoms with Gasteiger partial charge in [-0.2, -0.15) is 0 Å². The number of nitrogens with two attached hydrogens (primary N) is 1. The van der Waals surface area contributed by atoms with Gasteiger partial charge in [0.15, 0.2) is 0 Å². The van der Waals surface area contributed by atoms with Gasteiger partial charge in [-0.1, -0.05) is 13.3 Å². The van der Waals surface area contributed by atoms with Crippen molar-refractivity contribution in [3.63, 3.8) is 0 Å². The molecule has 0 aliphatic rings. The summed E-state index contributed by atoms with van der Waals surface area (Å²) in [5.74, 6) is -0.424. The lowest BCUT2D eigenvalue weighted by Crippen LogP contribution is -2.06. The van der Waals surface area contributed by atoms with Crippen LogP contribution in [0.4, 0.5) is 14.6 Å². The minimum Gasteiger partial charge on any atom is -0.383 e. The number of hydrogen-bond acceptors (Lipinski definition) is 3. The molecular weight excluding hydrogens is 328 g/mol. The molecule has 20 heavy (non-hydrogen) atoms. The number of benzene rings is 1. The Labute approximate surface area is 124 Å². The minimum atomic E-state index is -0.612. The highest BCUT2D eigenvalue weighted by Gasteiger charge is 2.11. The maximum atomic E-state index is 13.2. The van der Waals surface area contributed by atoms with Gasteiger partial charge in [0.25, 0.3) is 0 Å². The summed E-state index contributed by atoms with van der Waals surface area (Å²) in [7, 11) is 0. The zero-order valence-electron chi connectivity index (χ0n) is 11.0. The molecule has 2 rings (SSSR count).